The minimum absolute atomic E-state index is 0.484. The Balaban J connectivity index is 2.28. The summed E-state index contributed by atoms with van der Waals surface area (Å²) in [6, 6.07) is 7.77. The van der Waals surface area contributed by atoms with Crippen molar-refractivity contribution in [3.05, 3.63) is 29.8 Å². The van der Waals surface area contributed by atoms with Gasteiger partial charge in [-0.3, -0.25) is 4.21 Å². The van der Waals surface area contributed by atoms with Gasteiger partial charge in [0, 0.05) is 34.4 Å². The molecule has 0 amide bonds. The summed E-state index contributed by atoms with van der Waals surface area (Å²) in [4.78, 5) is 0. The molecule has 0 fully saturated rings. The summed E-state index contributed by atoms with van der Waals surface area (Å²) in [6.45, 7) is 3.14. The Morgan fingerprint density at radius 2 is 2.06 bits per heavy atom. The average Bonchev–Trinajstić information content (AvgIpc) is 2.35. The molecule has 96 valence electrons. The summed E-state index contributed by atoms with van der Waals surface area (Å²) in [6.07, 6.45) is 1.80. The number of nitrogens with two attached hydrogens (primary N) is 1. The molecule has 1 atom stereocenters. The van der Waals surface area contributed by atoms with Crippen LogP contribution in [0.3, 0.4) is 0 Å². The monoisotopic (exact) mass is 255 g/mol. The molecule has 0 aliphatic rings. The van der Waals surface area contributed by atoms with E-state index in [9.17, 15) is 4.21 Å². The molecular weight excluding hydrogens is 234 g/mol. The van der Waals surface area contributed by atoms with Crippen molar-refractivity contribution in [2.24, 2.45) is 5.73 Å². The van der Waals surface area contributed by atoms with E-state index in [-0.39, 0.29) is 0 Å². The molecule has 4 heteroatoms. The minimum Gasteiger partial charge on any atom is -0.493 e. The molecule has 0 saturated carbocycles. The van der Waals surface area contributed by atoms with Crippen LogP contribution in [0.25, 0.3) is 0 Å². The number of hydrogen-bond donors (Lipinski definition) is 1. The van der Waals surface area contributed by atoms with Gasteiger partial charge < -0.3 is 10.5 Å². The second kappa shape index (κ2) is 8.25. The lowest BCUT2D eigenvalue weighted by molar-refractivity contribution is 0.315. The molecule has 2 N–H and O–H groups in total. The smallest absolute Gasteiger partial charge is 0.123 e. The van der Waals surface area contributed by atoms with Gasteiger partial charge in [-0.05, 0) is 18.9 Å². The summed E-state index contributed by atoms with van der Waals surface area (Å²) >= 11 is 0. The zero-order valence-corrected chi connectivity index (χ0v) is 11.2. The Hall–Kier alpha value is -0.870. The fourth-order valence-corrected chi connectivity index (χ4v) is 2.64. The molecule has 0 spiro atoms. The number of hydrogen-bond acceptors (Lipinski definition) is 3. The maximum Gasteiger partial charge on any atom is 0.123 e. The van der Waals surface area contributed by atoms with Gasteiger partial charge in [-0.15, -0.1) is 0 Å². The van der Waals surface area contributed by atoms with Crippen LogP contribution in [-0.4, -0.2) is 22.3 Å². The molecule has 1 aromatic carbocycles. The van der Waals surface area contributed by atoms with E-state index in [0.29, 0.717) is 13.2 Å². The van der Waals surface area contributed by atoms with Gasteiger partial charge in [0.25, 0.3) is 0 Å². The van der Waals surface area contributed by atoms with E-state index in [4.69, 9.17) is 10.5 Å². The number of rotatable bonds is 8. The Kier molecular flexibility index (Phi) is 6.89. The van der Waals surface area contributed by atoms with Crippen LogP contribution in [0, 0.1) is 0 Å². The van der Waals surface area contributed by atoms with Crippen molar-refractivity contribution in [3.63, 3.8) is 0 Å². The lowest BCUT2D eigenvalue weighted by atomic mass is 10.2. The second-order valence-electron chi connectivity index (χ2n) is 3.86. The van der Waals surface area contributed by atoms with Gasteiger partial charge in [0.05, 0.1) is 6.61 Å². The third-order valence-corrected chi connectivity index (χ3v) is 4.01. The fraction of sp³-hybridized carbons (Fsp3) is 0.538. The third kappa shape index (κ3) is 5.33. The van der Waals surface area contributed by atoms with Crippen molar-refractivity contribution < 1.29 is 8.95 Å². The predicted molar refractivity (Wildman–Crippen MR) is 72.6 cm³/mol. The maximum atomic E-state index is 11.4. The lowest BCUT2D eigenvalue weighted by Crippen LogP contribution is -2.08. The highest BCUT2D eigenvalue weighted by molar-refractivity contribution is 7.84. The van der Waals surface area contributed by atoms with E-state index < -0.39 is 10.8 Å². The van der Waals surface area contributed by atoms with E-state index in [2.05, 4.69) is 0 Å². The maximum absolute atomic E-state index is 11.4. The van der Waals surface area contributed by atoms with Crippen molar-refractivity contribution in [2.75, 3.05) is 18.1 Å². The molecule has 0 aliphatic heterocycles. The summed E-state index contributed by atoms with van der Waals surface area (Å²) in [5.74, 6) is 2.36. The highest BCUT2D eigenvalue weighted by atomic mass is 32.2. The number of para-hydroxylation sites is 1. The zero-order chi connectivity index (χ0) is 12.5. The molecule has 0 bridgehead atoms. The summed E-state index contributed by atoms with van der Waals surface area (Å²) in [5.41, 5.74) is 6.63. The Bertz CT molecular complexity index is 355. The third-order valence-electron chi connectivity index (χ3n) is 2.40. The first kappa shape index (κ1) is 14.2. The standard InChI is InChI=1S/C13H21NO2S/c1-2-9-17(15)10-5-8-16-13-7-4-3-6-12(13)11-14/h3-4,6-7H,2,5,8-11,14H2,1H3. The Labute approximate surface area is 106 Å². The molecule has 1 unspecified atom stereocenters. The lowest BCUT2D eigenvalue weighted by Gasteiger charge is -2.09. The van der Waals surface area contributed by atoms with Crippen LogP contribution in [0.1, 0.15) is 25.3 Å². The van der Waals surface area contributed by atoms with Crippen LogP contribution in [0.15, 0.2) is 24.3 Å². The van der Waals surface area contributed by atoms with E-state index in [1.54, 1.807) is 0 Å². The van der Waals surface area contributed by atoms with Gasteiger partial charge >= 0.3 is 0 Å². The van der Waals surface area contributed by atoms with Crippen molar-refractivity contribution in [2.45, 2.75) is 26.3 Å². The van der Waals surface area contributed by atoms with E-state index in [1.165, 1.54) is 0 Å². The molecule has 0 heterocycles. The number of benzene rings is 1. The minimum atomic E-state index is -0.690. The zero-order valence-electron chi connectivity index (χ0n) is 10.4. The van der Waals surface area contributed by atoms with Crippen LogP contribution >= 0.6 is 0 Å². The van der Waals surface area contributed by atoms with Crippen molar-refractivity contribution >= 4 is 10.8 Å². The molecule has 0 radical (unpaired) electrons. The largest absolute Gasteiger partial charge is 0.493 e. The van der Waals surface area contributed by atoms with Crippen LogP contribution in [0.2, 0.25) is 0 Å². The highest BCUT2D eigenvalue weighted by Crippen LogP contribution is 2.17. The first-order valence-corrected chi connectivity index (χ1v) is 7.52. The van der Waals surface area contributed by atoms with Gasteiger partial charge in [-0.2, -0.15) is 0 Å². The van der Waals surface area contributed by atoms with Crippen molar-refractivity contribution in [3.8, 4) is 5.75 Å². The molecule has 3 nitrogen and oxygen atoms in total. The van der Waals surface area contributed by atoms with Crippen LogP contribution in [0.5, 0.6) is 5.75 Å². The molecule has 1 aromatic rings. The summed E-state index contributed by atoms with van der Waals surface area (Å²) in [7, 11) is -0.690. The van der Waals surface area contributed by atoms with Gasteiger partial charge in [0.15, 0.2) is 0 Å². The predicted octanol–water partition coefficient (Wildman–Crippen LogP) is 2.07. The number of ether oxygens (including phenoxy) is 1. The van der Waals surface area contributed by atoms with Crippen LogP contribution in [-0.2, 0) is 17.3 Å². The second-order valence-corrected chi connectivity index (χ2v) is 5.56. The fourth-order valence-electron chi connectivity index (χ4n) is 1.55. The summed E-state index contributed by atoms with van der Waals surface area (Å²) < 4.78 is 17.1. The first-order valence-electron chi connectivity index (χ1n) is 6.03. The van der Waals surface area contributed by atoms with E-state index in [0.717, 1.165) is 35.7 Å². The summed E-state index contributed by atoms with van der Waals surface area (Å²) in [5, 5.41) is 0. The molecule has 0 aromatic heterocycles. The molecule has 1 rings (SSSR count). The molecule has 17 heavy (non-hydrogen) atoms. The Morgan fingerprint density at radius 3 is 2.76 bits per heavy atom. The van der Waals surface area contributed by atoms with E-state index in [1.807, 2.05) is 31.2 Å². The van der Waals surface area contributed by atoms with Gasteiger partial charge in [0.2, 0.25) is 0 Å². The average molecular weight is 255 g/mol. The van der Waals surface area contributed by atoms with Crippen LogP contribution < -0.4 is 10.5 Å². The Morgan fingerprint density at radius 1 is 1.29 bits per heavy atom. The van der Waals surface area contributed by atoms with Gasteiger partial charge in [0.1, 0.15) is 5.75 Å². The molecule has 0 aliphatic carbocycles. The first-order chi connectivity index (χ1) is 8.27. The van der Waals surface area contributed by atoms with Crippen molar-refractivity contribution in [1.82, 2.24) is 0 Å². The van der Waals surface area contributed by atoms with Crippen LogP contribution in [0.4, 0.5) is 0 Å². The topological polar surface area (TPSA) is 52.3 Å². The quantitative estimate of drug-likeness (QED) is 0.724. The van der Waals surface area contributed by atoms with Gasteiger partial charge in [-0.25, -0.2) is 0 Å². The molecule has 0 saturated heterocycles. The SMILES string of the molecule is CCCS(=O)CCCOc1ccccc1CN. The van der Waals surface area contributed by atoms with Gasteiger partial charge in [-0.1, -0.05) is 25.1 Å². The normalized spacial score (nSPS) is 12.4. The van der Waals surface area contributed by atoms with E-state index >= 15 is 0 Å². The highest BCUT2D eigenvalue weighted by Gasteiger charge is 2.02. The van der Waals surface area contributed by atoms with Crippen molar-refractivity contribution in [1.29, 1.82) is 0 Å². The molecular formula is C13H21NO2S.